The fraction of sp³-hybridized carbons (Fsp3) is 0.250. The maximum atomic E-state index is 12.7. The van der Waals surface area contributed by atoms with Crippen molar-refractivity contribution in [3.8, 4) is 11.4 Å². The molecule has 0 bridgehead atoms. The first-order valence-electron chi connectivity index (χ1n) is 8.65. The second-order valence-corrected chi connectivity index (χ2v) is 6.98. The molecule has 140 valence electrons. The third kappa shape index (κ3) is 4.86. The van der Waals surface area contributed by atoms with Crippen LogP contribution in [0.2, 0.25) is 5.02 Å². The number of aryl methyl sites for hydroxylation is 1. The number of urea groups is 1. The lowest BCUT2D eigenvalue weighted by Crippen LogP contribution is -2.39. The Morgan fingerprint density at radius 3 is 2.70 bits per heavy atom. The molecular weight excluding hydrogens is 364 g/mol. The van der Waals surface area contributed by atoms with Gasteiger partial charge in [-0.15, -0.1) is 0 Å². The minimum atomic E-state index is -0.262. The molecule has 0 saturated carbocycles. The molecule has 0 aliphatic carbocycles. The molecule has 0 radical (unpaired) electrons. The molecule has 0 saturated heterocycles. The smallest absolute Gasteiger partial charge is 0.322 e. The van der Waals surface area contributed by atoms with Crippen LogP contribution in [0.3, 0.4) is 0 Å². The van der Waals surface area contributed by atoms with Gasteiger partial charge < -0.3 is 14.7 Å². The molecule has 2 aromatic carbocycles. The van der Waals surface area contributed by atoms with E-state index in [9.17, 15) is 4.79 Å². The van der Waals surface area contributed by atoms with Crippen LogP contribution in [0, 0.1) is 6.92 Å². The number of nitrogens with one attached hydrogen (secondary N) is 1. The summed E-state index contributed by atoms with van der Waals surface area (Å²) in [5.74, 6) is 0.883. The number of nitrogens with zero attached hydrogens (tertiary/aromatic N) is 3. The van der Waals surface area contributed by atoms with Crippen LogP contribution in [-0.2, 0) is 6.54 Å². The van der Waals surface area contributed by atoms with Gasteiger partial charge in [-0.2, -0.15) is 4.98 Å². The Morgan fingerprint density at radius 1 is 1.22 bits per heavy atom. The topological polar surface area (TPSA) is 71.3 Å². The number of carbonyl (C=O) groups is 1. The van der Waals surface area contributed by atoms with Crippen molar-refractivity contribution >= 4 is 23.3 Å². The molecule has 0 atom stereocenters. The van der Waals surface area contributed by atoms with Crippen LogP contribution >= 0.6 is 11.6 Å². The van der Waals surface area contributed by atoms with Gasteiger partial charge in [0.25, 0.3) is 0 Å². The van der Waals surface area contributed by atoms with Crippen LogP contribution in [-0.4, -0.2) is 27.1 Å². The summed E-state index contributed by atoms with van der Waals surface area (Å²) in [6.45, 7) is 6.07. The number of carbonyl (C=O) groups excluding carboxylic acids is 1. The lowest BCUT2D eigenvalue weighted by molar-refractivity contribution is 0.182. The Balaban J connectivity index is 1.74. The Hall–Kier alpha value is -2.86. The van der Waals surface area contributed by atoms with Gasteiger partial charge in [-0.1, -0.05) is 46.6 Å². The molecule has 1 N–H and O–H groups in total. The van der Waals surface area contributed by atoms with E-state index in [1.54, 1.807) is 29.2 Å². The number of aromatic nitrogens is 2. The van der Waals surface area contributed by atoms with Gasteiger partial charge in [-0.25, -0.2) is 4.79 Å². The van der Waals surface area contributed by atoms with Crippen LogP contribution < -0.4 is 5.32 Å². The maximum absolute atomic E-state index is 12.7. The van der Waals surface area contributed by atoms with E-state index in [-0.39, 0.29) is 18.6 Å². The summed E-state index contributed by atoms with van der Waals surface area (Å²) in [7, 11) is 0. The summed E-state index contributed by atoms with van der Waals surface area (Å²) in [5.41, 5.74) is 2.62. The highest BCUT2D eigenvalue weighted by Gasteiger charge is 2.21. The Bertz CT molecular complexity index is 939. The number of hydrogen-bond donors (Lipinski definition) is 1. The standard InChI is InChI=1S/C20H21ClN4O2/c1-13(2)25(20(26)22-17-9-5-8-16(21)11-17)12-18-23-19(24-27-18)15-7-4-6-14(3)10-15/h4-11,13H,12H2,1-3H3,(H,22,26). The van der Waals surface area contributed by atoms with E-state index in [0.29, 0.717) is 22.4 Å². The molecule has 6 nitrogen and oxygen atoms in total. The van der Waals surface area contributed by atoms with Crippen molar-refractivity contribution in [2.75, 3.05) is 5.32 Å². The van der Waals surface area contributed by atoms with Gasteiger partial charge in [0.15, 0.2) is 0 Å². The Morgan fingerprint density at radius 2 is 2.00 bits per heavy atom. The quantitative estimate of drug-likeness (QED) is 0.661. The zero-order valence-electron chi connectivity index (χ0n) is 15.4. The average Bonchev–Trinajstić information content (AvgIpc) is 3.08. The van der Waals surface area contributed by atoms with Crippen LogP contribution in [0.4, 0.5) is 10.5 Å². The highest BCUT2D eigenvalue weighted by Crippen LogP contribution is 2.19. The first-order chi connectivity index (χ1) is 12.9. The van der Waals surface area contributed by atoms with Gasteiger partial charge in [0, 0.05) is 22.3 Å². The van der Waals surface area contributed by atoms with Crippen molar-refractivity contribution in [2.24, 2.45) is 0 Å². The Labute approximate surface area is 163 Å². The van der Waals surface area contributed by atoms with Crippen molar-refractivity contribution < 1.29 is 9.32 Å². The van der Waals surface area contributed by atoms with E-state index < -0.39 is 0 Å². The third-order valence-electron chi connectivity index (χ3n) is 4.01. The van der Waals surface area contributed by atoms with Gasteiger partial charge in [0.1, 0.15) is 6.54 Å². The van der Waals surface area contributed by atoms with Gasteiger partial charge in [0.2, 0.25) is 11.7 Å². The molecule has 3 aromatic rings. The zero-order valence-corrected chi connectivity index (χ0v) is 16.2. The summed E-state index contributed by atoms with van der Waals surface area (Å²) in [4.78, 5) is 18.7. The molecule has 2 amide bonds. The van der Waals surface area contributed by atoms with Crippen LogP contribution in [0.5, 0.6) is 0 Å². The van der Waals surface area contributed by atoms with E-state index in [2.05, 4.69) is 15.5 Å². The van der Waals surface area contributed by atoms with Crippen LogP contribution in [0.15, 0.2) is 53.1 Å². The molecule has 0 aliphatic rings. The monoisotopic (exact) mass is 384 g/mol. The lowest BCUT2D eigenvalue weighted by atomic mass is 10.1. The molecule has 7 heteroatoms. The van der Waals surface area contributed by atoms with Crippen LogP contribution in [0.25, 0.3) is 11.4 Å². The second-order valence-electron chi connectivity index (χ2n) is 6.54. The van der Waals surface area contributed by atoms with Gasteiger partial charge in [0.05, 0.1) is 0 Å². The first kappa shape index (κ1) is 18.9. The fourth-order valence-electron chi connectivity index (χ4n) is 2.62. The van der Waals surface area contributed by atoms with E-state index >= 15 is 0 Å². The third-order valence-corrected chi connectivity index (χ3v) is 4.25. The highest BCUT2D eigenvalue weighted by atomic mass is 35.5. The number of amides is 2. The minimum absolute atomic E-state index is 0.0569. The number of anilines is 1. The summed E-state index contributed by atoms with van der Waals surface area (Å²) in [6, 6.07) is 14.6. The summed E-state index contributed by atoms with van der Waals surface area (Å²) in [6.07, 6.45) is 0. The highest BCUT2D eigenvalue weighted by molar-refractivity contribution is 6.30. The first-order valence-corrected chi connectivity index (χ1v) is 9.03. The van der Waals surface area contributed by atoms with Gasteiger partial charge in [-0.05, 0) is 45.0 Å². The molecular formula is C20H21ClN4O2. The van der Waals surface area contributed by atoms with Crippen molar-refractivity contribution in [3.63, 3.8) is 0 Å². The molecule has 3 rings (SSSR count). The van der Waals surface area contributed by atoms with Crippen molar-refractivity contribution in [2.45, 2.75) is 33.4 Å². The SMILES string of the molecule is Cc1cccc(-c2noc(CN(C(=O)Nc3cccc(Cl)c3)C(C)C)n2)c1. The molecule has 0 fully saturated rings. The summed E-state index contributed by atoms with van der Waals surface area (Å²) < 4.78 is 5.36. The minimum Gasteiger partial charge on any atom is -0.337 e. The number of rotatable bonds is 5. The molecule has 1 aromatic heterocycles. The predicted molar refractivity (Wildman–Crippen MR) is 106 cm³/mol. The van der Waals surface area contributed by atoms with Crippen molar-refractivity contribution in [1.82, 2.24) is 15.0 Å². The summed E-state index contributed by atoms with van der Waals surface area (Å²) in [5, 5.41) is 7.43. The molecule has 0 spiro atoms. The molecule has 1 heterocycles. The van der Waals surface area contributed by atoms with Gasteiger partial charge in [-0.3, -0.25) is 0 Å². The maximum Gasteiger partial charge on any atom is 0.322 e. The Kier molecular flexibility index (Phi) is 5.76. The normalized spacial score (nSPS) is 10.9. The van der Waals surface area contributed by atoms with Crippen molar-refractivity contribution in [1.29, 1.82) is 0 Å². The van der Waals surface area contributed by atoms with E-state index in [1.165, 1.54) is 0 Å². The van der Waals surface area contributed by atoms with E-state index in [4.69, 9.17) is 16.1 Å². The zero-order chi connectivity index (χ0) is 19.4. The second kappa shape index (κ2) is 8.22. The molecule has 27 heavy (non-hydrogen) atoms. The molecule has 0 unspecified atom stereocenters. The van der Waals surface area contributed by atoms with Crippen molar-refractivity contribution in [3.05, 3.63) is 65.0 Å². The summed E-state index contributed by atoms with van der Waals surface area (Å²) >= 11 is 5.97. The van der Waals surface area contributed by atoms with Crippen LogP contribution in [0.1, 0.15) is 25.3 Å². The number of benzene rings is 2. The van der Waals surface area contributed by atoms with E-state index in [0.717, 1.165) is 11.1 Å². The lowest BCUT2D eigenvalue weighted by Gasteiger charge is -2.25. The largest absolute Gasteiger partial charge is 0.337 e. The predicted octanol–water partition coefficient (Wildman–Crippen LogP) is 5.14. The molecule has 0 aliphatic heterocycles. The average molecular weight is 385 g/mol. The number of hydrogen-bond acceptors (Lipinski definition) is 4. The number of halogens is 1. The van der Waals surface area contributed by atoms with Gasteiger partial charge >= 0.3 is 6.03 Å². The van der Waals surface area contributed by atoms with E-state index in [1.807, 2.05) is 45.0 Å². The fourth-order valence-corrected chi connectivity index (χ4v) is 2.81.